The number of ether oxygens (including phenoxy) is 1. The van der Waals surface area contributed by atoms with Gasteiger partial charge in [0, 0.05) is 32.7 Å². The third kappa shape index (κ3) is 3.12. The van der Waals surface area contributed by atoms with Crippen LogP contribution in [0.25, 0.3) is 0 Å². The summed E-state index contributed by atoms with van der Waals surface area (Å²) in [6.45, 7) is 4.41. The zero-order valence-electron chi connectivity index (χ0n) is 14.2. The number of hydrogen-bond acceptors (Lipinski definition) is 8. The first-order chi connectivity index (χ1) is 12.2. The first-order valence-corrected chi connectivity index (χ1v) is 8.52. The predicted molar refractivity (Wildman–Crippen MR) is 99.4 cm³/mol. The Morgan fingerprint density at radius 1 is 1.16 bits per heavy atom. The number of nitrogens with one attached hydrogen (secondary N) is 3. The number of anilines is 4. The Morgan fingerprint density at radius 2 is 1.92 bits per heavy atom. The summed E-state index contributed by atoms with van der Waals surface area (Å²) in [5.74, 6) is 2.79. The van der Waals surface area contributed by atoms with Gasteiger partial charge >= 0.3 is 0 Å². The second-order valence-electron chi connectivity index (χ2n) is 6.22. The highest BCUT2D eigenvalue weighted by Crippen LogP contribution is 2.37. The van der Waals surface area contributed by atoms with Crippen LogP contribution in [0.4, 0.5) is 23.3 Å². The maximum atomic E-state index is 5.92. The van der Waals surface area contributed by atoms with Crippen LogP contribution in [0.1, 0.15) is 11.6 Å². The van der Waals surface area contributed by atoms with E-state index in [1.54, 1.807) is 7.11 Å². The molecule has 0 aliphatic carbocycles. The quantitative estimate of drug-likeness (QED) is 0.657. The Labute approximate surface area is 146 Å². The van der Waals surface area contributed by atoms with Crippen molar-refractivity contribution in [3.63, 3.8) is 0 Å². The van der Waals surface area contributed by atoms with Gasteiger partial charge in [-0.25, -0.2) is 0 Å². The molecule has 4 rings (SSSR count). The van der Waals surface area contributed by atoms with E-state index in [4.69, 9.17) is 10.5 Å². The van der Waals surface area contributed by atoms with E-state index in [1.165, 1.54) is 5.56 Å². The van der Waals surface area contributed by atoms with E-state index in [0.717, 1.165) is 55.8 Å². The third-order valence-electron chi connectivity index (χ3n) is 4.63. The minimum Gasteiger partial charge on any atom is -0.497 e. The SMILES string of the molecule is COc1ccc(C2CNc3nc(N)nc(N4CCNCC4)c3N2)cc1. The first-order valence-electron chi connectivity index (χ1n) is 8.52. The lowest BCUT2D eigenvalue weighted by Gasteiger charge is -2.34. The molecule has 1 aromatic carbocycles. The van der Waals surface area contributed by atoms with Crippen molar-refractivity contribution in [2.75, 3.05) is 61.1 Å². The van der Waals surface area contributed by atoms with Crippen LogP contribution in [0, 0.1) is 0 Å². The number of nitrogens with zero attached hydrogens (tertiary/aromatic N) is 3. The molecule has 1 fully saturated rings. The highest BCUT2D eigenvalue weighted by Gasteiger charge is 2.27. The average Bonchev–Trinajstić information content (AvgIpc) is 2.68. The summed E-state index contributed by atoms with van der Waals surface area (Å²) < 4.78 is 5.24. The largest absolute Gasteiger partial charge is 0.497 e. The Hall–Kier alpha value is -2.74. The van der Waals surface area contributed by atoms with Crippen LogP contribution in [0.5, 0.6) is 5.75 Å². The molecule has 132 valence electrons. The van der Waals surface area contributed by atoms with Crippen molar-refractivity contribution < 1.29 is 4.74 Å². The summed E-state index contributed by atoms with van der Waals surface area (Å²) >= 11 is 0. The highest BCUT2D eigenvalue weighted by atomic mass is 16.5. The van der Waals surface area contributed by atoms with E-state index >= 15 is 0 Å². The Balaban J connectivity index is 1.64. The number of piperazine rings is 1. The molecule has 2 aromatic rings. The summed E-state index contributed by atoms with van der Waals surface area (Å²) in [4.78, 5) is 11.1. The minimum atomic E-state index is 0.132. The number of aromatic nitrogens is 2. The smallest absolute Gasteiger partial charge is 0.224 e. The Kier molecular flexibility index (Phi) is 4.19. The topological polar surface area (TPSA) is 100 Å². The molecule has 8 nitrogen and oxygen atoms in total. The van der Waals surface area contributed by atoms with E-state index in [2.05, 4.69) is 43.0 Å². The lowest BCUT2D eigenvalue weighted by atomic mass is 10.0. The molecule has 1 atom stereocenters. The minimum absolute atomic E-state index is 0.132. The van der Waals surface area contributed by atoms with Gasteiger partial charge in [0.2, 0.25) is 5.95 Å². The lowest BCUT2D eigenvalue weighted by molar-refractivity contribution is 0.414. The standard InChI is InChI=1S/C17H23N7O/c1-25-12-4-2-11(3-5-12)13-10-20-15-14(21-13)16(23-17(18)22-15)24-8-6-19-7-9-24/h2-5,13,19,21H,6-10H2,1H3,(H3,18,20,22,23). The molecule has 0 radical (unpaired) electrons. The fourth-order valence-corrected chi connectivity index (χ4v) is 3.29. The fourth-order valence-electron chi connectivity index (χ4n) is 3.29. The number of fused-ring (bicyclic) bond motifs is 1. The number of nitrogen functional groups attached to an aromatic ring is 1. The molecule has 1 unspecified atom stereocenters. The maximum Gasteiger partial charge on any atom is 0.224 e. The summed E-state index contributed by atoms with van der Waals surface area (Å²) in [5.41, 5.74) is 8.02. The van der Waals surface area contributed by atoms with Crippen LogP contribution in [0.2, 0.25) is 0 Å². The number of rotatable bonds is 3. The van der Waals surface area contributed by atoms with Gasteiger partial charge in [0.15, 0.2) is 11.6 Å². The van der Waals surface area contributed by atoms with E-state index in [0.29, 0.717) is 5.95 Å². The number of benzene rings is 1. The van der Waals surface area contributed by atoms with Crippen molar-refractivity contribution in [1.82, 2.24) is 15.3 Å². The maximum absolute atomic E-state index is 5.92. The van der Waals surface area contributed by atoms with Crippen LogP contribution < -0.4 is 31.3 Å². The van der Waals surface area contributed by atoms with Crippen LogP contribution in [0.3, 0.4) is 0 Å². The van der Waals surface area contributed by atoms with E-state index in [1.807, 2.05) is 12.1 Å². The van der Waals surface area contributed by atoms with Gasteiger partial charge < -0.3 is 31.3 Å². The molecule has 2 aliphatic rings. The van der Waals surface area contributed by atoms with Gasteiger partial charge in [-0.05, 0) is 17.7 Å². The summed E-state index contributed by atoms with van der Waals surface area (Å²) in [7, 11) is 1.67. The van der Waals surface area contributed by atoms with Gasteiger partial charge in [0.1, 0.15) is 11.4 Å². The third-order valence-corrected chi connectivity index (χ3v) is 4.63. The van der Waals surface area contributed by atoms with Crippen molar-refractivity contribution >= 4 is 23.3 Å². The summed E-state index contributed by atoms with van der Waals surface area (Å²) in [6, 6.07) is 8.23. The van der Waals surface area contributed by atoms with Crippen LogP contribution in [0.15, 0.2) is 24.3 Å². The molecular formula is C17H23N7O. The Bertz CT molecular complexity index is 743. The van der Waals surface area contributed by atoms with E-state index in [-0.39, 0.29) is 6.04 Å². The summed E-state index contributed by atoms with van der Waals surface area (Å²) in [5, 5.41) is 10.4. The molecule has 8 heteroatoms. The second-order valence-corrected chi connectivity index (χ2v) is 6.22. The van der Waals surface area contributed by atoms with Gasteiger partial charge in [-0.15, -0.1) is 0 Å². The van der Waals surface area contributed by atoms with Gasteiger partial charge in [0.25, 0.3) is 0 Å². The number of hydrogen-bond donors (Lipinski definition) is 4. The zero-order chi connectivity index (χ0) is 17.2. The Morgan fingerprint density at radius 3 is 2.64 bits per heavy atom. The van der Waals surface area contributed by atoms with Gasteiger partial charge in [-0.2, -0.15) is 9.97 Å². The monoisotopic (exact) mass is 341 g/mol. The van der Waals surface area contributed by atoms with Crippen molar-refractivity contribution in [2.24, 2.45) is 0 Å². The molecule has 1 aromatic heterocycles. The highest BCUT2D eigenvalue weighted by molar-refractivity contribution is 5.81. The van der Waals surface area contributed by atoms with Crippen LogP contribution >= 0.6 is 0 Å². The van der Waals surface area contributed by atoms with Crippen molar-refractivity contribution in [3.8, 4) is 5.75 Å². The van der Waals surface area contributed by atoms with Crippen molar-refractivity contribution in [2.45, 2.75) is 6.04 Å². The van der Waals surface area contributed by atoms with Crippen molar-refractivity contribution in [1.29, 1.82) is 0 Å². The van der Waals surface area contributed by atoms with Crippen LogP contribution in [-0.2, 0) is 0 Å². The van der Waals surface area contributed by atoms with Gasteiger partial charge in [0.05, 0.1) is 13.2 Å². The molecule has 0 saturated carbocycles. The molecule has 1 saturated heterocycles. The fraction of sp³-hybridized carbons (Fsp3) is 0.412. The molecule has 3 heterocycles. The first kappa shape index (κ1) is 15.8. The predicted octanol–water partition coefficient (Wildman–Crippen LogP) is 1.06. The van der Waals surface area contributed by atoms with Crippen molar-refractivity contribution in [3.05, 3.63) is 29.8 Å². The molecule has 25 heavy (non-hydrogen) atoms. The van der Waals surface area contributed by atoms with Crippen LogP contribution in [-0.4, -0.2) is 49.8 Å². The molecular weight excluding hydrogens is 318 g/mol. The summed E-state index contributed by atoms with van der Waals surface area (Å²) in [6.07, 6.45) is 0. The number of methoxy groups -OCH3 is 1. The molecule has 0 amide bonds. The number of nitrogens with two attached hydrogens (primary N) is 1. The molecule has 0 spiro atoms. The lowest BCUT2D eigenvalue weighted by Crippen LogP contribution is -2.44. The second kappa shape index (κ2) is 6.64. The molecule has 5 N–H and O–H groups in total. The van der Waals surface area contributed by atoms with E-state index < -0.39 is 0 Å². The molecule has 0 bridgehead atoms. The van der Waals surface area contributed by atoms with Gasteiger partial charge in [-0.3, -0.25) is 0 Å². The van der Waals surface area contributed by atoms with E-state index in [9.17, 15) is 0 Å². The normalized spacial score (nSPS) is 19.6. The molecule has 2 aliphatic heterocycles. The average molecular weight is 341 g/mol. The zero-order valence-corrected chi connectivity index (χ0v) is 14.2. The van der Waals surface area contributed by atoms with Gasteiger partial charge in [-0.1, -0.05) is 12.1 Å².